The number of ether oxygens (including phenoxy) is 2. The minimum absolute atomic E-state index is 0. The number of hydrogen-bond acceptors (Lipinski definition) is 6. The van der Waals surface area contributed by atoms with Gasteiger partial charge in [-0.3, -0.25) is 4.90 Å². The minimum atomic E-state index is -0.121. The first-order valence-electron chi connectivity index (χ1n) is 10.5. The molecule has 1 aromatic heterocycles. The van der Waals surface area contributed by atoms with Crippen molar-refractivity contribution in [2.45, 2.75) is 52.3 Å². The van der Waals surface area contributed by atoms with Gasteiger partial charge < -0.3 is 24.7 Å². The molecule has 10 heteroatoms. The second kappa shape index (κ2) is 10.6. The van der Waals surface area contributed by atoms with Crippen molar-refractivity contribution < 1.29 is 9.47 Å². The molecule has 1 aromatic rings. The van der Waals surface area contributed by atoms with Crippen molar-refractivity contribution >= 4 is 29.9 Å². The number of nitrogens with zero attached hydrogens (tertiary/aromatic N) is 5. The van der Waals surface area contributed by atoms with Gasteiger partial charge in [-0.2, -0.15) is 0 Å². The number of nitrogens with one attached hydrogen (secondary N) is 2. The highest BCUT2D eigenvalue weighted by atomic mass is 127. The Kier molecular flexibility index (Phi) is 8.90. The number of methoxy groups -OCH3 is 1. The lowest BCUT2D eigenvalue weighted by Crippen LogP contribution is -2.69. The number of rotatable bonds is 7. The third-order valence-corrected chi connectivity index (χ3v) is 6.97. The number of hydrogen-bond donors (Lipinski definition) is 2. The summed E-state index contributed by atoms with van der Waals surface area (Å²) < 4.78 is 13.2. The summed E-state index contributed by atoms with van der Waals surface area (Å²) in [6, 6.07) is 0.295. The third kappa shape index (κ3) is 5.43. The van der Waals surface area contributed by atoms with E-state index < -0.39 is 0 Å². The van der Waals surface area contributed by atoms with Crippen molar-refractivity contribution in [3.63, 3.8) is 0 Å². The van der Waals surface area contributed by atoms with Crippen molar-refractivity contribution in [3.05, 3.63) is 11.6 Å². The van der Waals surface area contributed by atoms with E-state index in [9.17, 15) is 0 Å². The average Bonchev–Trinajstić information content (AvgIpc) is 3.04. The van der Waals surface area contributed by atoms with Crippen LogP contribution in [0.25, 0.3) is 0 Å². The van der Waals surface area contributed by atoms with Crippen LogP contribution in [0.15, 0.2) is 4.99 Å². The van der Waals surface area contributed by atoms with Gasteiger partial charge in [0.1, 0.15) is 12.4 Å². The molecule has 0 amide bonds. The molecule has 1 aliphatic carbocycles. The van der Waals surface area contributed by atoms with E-state index in [1.807, 2.05) is 18.5 Å². The van der Waals surface area contributed by atoms with Crippen LogP contribution >= 0.6 is 24.0 Å². The smallest absolute Gasteiger partial charge is 0.191 e. The maximum absolute atomic E-state index is 5.77. The molecule has 2 aliphatic rings. The quantitative estimate of drug-likeness (QED) is 0.309. The Balaban J connectivity index is 0.00000320. The van der Waals surface area contributed by atoms with Gasteiger partial charge >= 0.3 is 0 Å². The predicted octanol–water partition coefficient (Wildman–Crippen LogP) is 1.31. The Morgan fingerprint density at radius 1 is 1.27 bits per heavy atom. The number of morpholine rings is 1. The van der Waals surface area contributed by atoms with E-state index in [0.717, 1.165) is 63.4 Å². The van der Waals surface area contributed by atoms with Gasteiger partial charge in [0.15, 0.2) is 11.8 Å². The average molecular weight is 535 g/mol. The standard InChI is InChI=1S/C20H37N7O2.HI/c1-15-24-25-17(26(15)5)14-22-18(21-7-8-27-9-11-29-12-10-27)23-16-13-20(4,28-6)19(16,2)3;/h16H,7-14H2,1-6H3,(H2,21,22,23);1H. The first kappa shape index (κ1) is 25.3. The Labute approximate surface area is 197 Å². The van der Waals surface area contributed by atoms with E-state index in [1.54, 1.807) is 7.11 Å². The molecule has 0 aromatic carbocycles. The second-order valence-electron chi connectivity index (χ2n) is 8.83. The molecule has 2 N–H and O–H groups in total. The molecule has 1 saturated heterocycles. The molecular weight excluding hydrogens is 497 g/mol. The lowest BCUT2D eigenvalue weighted by molar-refractivity contribution is -0.176. The Bertz CT molecular complexity index is 718. The summed E-state index contributed by atoms with van der Waals surface area (Å²) in [6.45, 7) is 14.5. The Morgan fingerprint density at radius 3 is 2.53 bits per heavy atom. The van der Waals surface area contributed by atoms with Crippen LogP contribution < -0.4 is 10.6 Å². The molecule has 0 spiro atoms. The van der Waals surface area contributed by atoms with Crippen LogP contribution in [0.4, 0.5) is 0 Å². The monoisotopic (exact) mass is 535 g/mol. The van der Waals surface area contributed by atoms with Gasteiger partial charge in [-0.15, -0.1) is 34.2 Å². The first-order chi connectivity index (χ1) is 13.8. The third-order valence-electron chi connectivity index (χ3n) is 6.97. The molecule has 2 atom stereocenters. The lowest BCUT2D eigenvalue weighted by atomic mass is 9.56. The van der Waals surface area contributed by atoms with Crippen LogP contribution in [0.3, 0.4) is 0 Å². The van der Waals surface area contributed by atoms with Gasteiger partial charge in [-0.05, 0) is 20.3 Å². The molecule has 0 radical (unpaired) electrons. The maximum atomic E-state index is 5.77. The molecular formula is C20H38IN7O2. The zero-order valence-electron chi connectivity index (χ0n) is 19.2. The number of aromatic nitrogens is 3. The van der Waals surface area contributed by atoms with Gasteiger partial charge in [-0.25, -0.2) is 4.99 Å². The fraction of sp³-hybridized carbons (Fsp3) is 0.850. The Hall–Kier alpha value is -0.980. The van der Waals surface area contributed by atoms with E-state index in [-0.39, 0.29) is 35.0 Å². The van der Waals surface area contributed by atoms with Crippen molar-refractivity contribution in [2.75, 3.05) is 46.5 Å². The SMILES string of the molecule is COC1(C)CC(NC(=NCc2nnc(C)n2C)NCCN2CCOCC2)C1(C)C.I. The fourth-order valence-electron chi connectivity index (χ4n) is 3.94. The van der Waals surface area contributed by atoms with Crippen LogP contribution in [0.2, 0.25) is 0 Å². The van der Waals surface area contributed by atoms with Crippen LogP contribution in [0.5, 0.6) is 0 Å². The van der Waals surface area contributed by atoms with Crippen molar-refractivity contribution in [1.29, 1.82) is 0 Å². The van der Waals surface area contributed by atoms with Crippen LogP contribution in [-0.2, 0) is 23.1 Å². The van der Waals surface area contributed by atoms with Crippen LogP contribution in [0, 0.1) is 12.3 Å². The fourth-order valence-corrected chi connectivity index (χ4v) is 3.94. The topological polar surface area (TPSA) is 88.8 Å². The number of aryl methyl sites for hydroxylation is 1. The molecule has 3 rings (SSSR count). The zero-order chi connectivity index (χ0) is 21.1. The van der Waals surface area contributed by atoms with Crippen molar-refractivity contribution in [2.24, 2.45) is 17.5 Å². The molecule has 1 aliphatic heterocycles. The van der Waals surface area contributed by atoms with Gasteiger partial charge in [0.2, 0.25) is 0 Å². The molecule has 9 nitrogen and oxygen atoms in total. The number of guanidine groups is 1. The molecule has 0 bridgehead atoms. The molecule has 1 saturated carbocycles. The van der Waals surface area contributed by atoms with E-state index in [0.29, 0.717) is 12.6 Å². The van der Waals surface area contributed by atoms with Crippen LogP contribution in [0.1, 0.15) is 38.8 Å². The Morgan fingerprint density at radius 2 is 1.97 bits per heavy atom. The number of aliphatic imine (C=N–C) groups is 1. The van der Waals surface area contributed by atoms with E-state index in [4.69, 9.17) is 14.5 Å². The lowest BCUT2D eigenvalue weighted by Gasteiger charge is -2.59. The highest BCUT2D eigenvalue weighted by Gasteiger charge is 2.58. The minimum Gasteiger partial charge on any atom is -0.379 e. The largest absolute Gasteiger partial charge is 0.379 e. The molecule has 172 valence electrons. The summed E-state index contributed by atoms with van der Waals surface area (Å²) in [5, 5.41) is 15.5. The highest BCUT2D eigenvalue weighted by molar-refractivity contribution is 14.0. The van der Waals surface area contributed by atoms with Gasteiger partial charge in [0.05, 0.1) is 18.8 Å². The molecule has 2 heterocycles. The molecule has 2 fully saturated rings. The zero-order valence-corrected chi connectivity index (χ0v) is 21.5. The summed E-state index contributed by atoms with van der Waals surface area (Å²) in [4.78, 5) is 7.21. The normalized spacial score (nSPS) is 26.6. The van der Waals surface area contributed by atoms with Gasteiger partial charge in [0.25, 0.3) is 0 Å². The maximum Gasteiger partial charge on any atom is 0.191 e. The first-order valence-corrected chi connectivity index (χ1v) is 10.5. The summed E-state index contributed by atoms with van der Waals surface area (Å²) in [6.07, 6.45) is 0.948. The second-order valence-corrected chi connectivity index (χ2v) is 8.83. The van der Waals surface area contributed by atoms with E-state index in [1.165, 1.54) is 0 Å². The summed E-state index contributed by atoms with van der Waals surface area (Å²) >= 11 is 0. The number of halogens is 1. The van der Waals surface area contributed by atoms with Crippen molar-refractivity contribution in [3.8, 4) is 0 Å². The highest BCUT2D eigenvalue weighted by Crippen LogP contribution is 2.51. The predicted molar refractivity (Wildman–Crippen MR) is 128 cm³/mol. The molecule has 2 unspecified atom stereocenters. The molecule has 30 heavy (non-hydrogen) atoms. The van der Waals surface area contributed by atoms with Crippen LogP contribution in [-0.4, -0.2) is 83.8 Å². The van der Waals surface area contributed by atoms with Crippen molar-refractivity contribution in [1.82, 2.24) is 30.3 Å². The van der Waals surface area contributed by atoms with E-state index in [2.05, 4.69) is 46.5 Å². The summed E-state index contributed by atoms with van der Waals surface area (Å²) in [7, 11) is 3.77. The summed E-state index contributed by atoms with van der Waals surface area (Å²) in [5.74, 6) is 2.56. The summed E-state index contributed by atoms with van der Waals surface area (Å²) in [5.41, 5.74) is -0.111. The van der Waals surface area contributed by atoms with Gasteiger partial charge in [0, 0.05) is 51.8 Å². The van der Waals surface area contributed by atoms with E-state index >= 15 is 0 Å². The van der Waals surface area contributed by atoms with Gasteiger partial charge in [-0.1, -0.05) is 13.8 Å².